The number of nitrogens with zero attached hydrogens (tertiary/aromatic N) is 2. The van der Waals surface area contributed by atoms with Crippen molar-refractivity contribution < 1.29 is 13.2 Å². The van der Waals surface area contributed by atoms with Crippen LogP contribution in [0.3, 0.4) is 0 Å². The number of benzene rings is 1. The molecule has 0 aromatic heterocycles. The zero-order valence-corrected chi connectivity index (χ0v) is 15.8. The Kier molecular flexibility index (Phi) is 4.75. The highest BCUT2D eigenvalue weighted by atomic mass is 32.2. The first-order valence-electron chi connectivity index (χ1n) is 8.15. The predicted octanol–water partition coefficient (Wildman–Crippen LogP) is 2.70. The van der Waals surface area contributed by atoms with E-state index in [0.717, 1.165) is 23.2 Å². The fourth-order valence-electron chi connectivity index (χ4n) is 3.33. The van der Waals surface area contributed by atoms with Crippen molar-refractivity contribution in [3.63, 3.8) is 0 Å². The summed E-state index contributed by atoms with van der Waals surface area (Å²) in [7, 11) is -3.03. The van der Waals surface area contributed by atoms with Crippen LogP contribution in [0.5, 0.6) is 0 Å². The van der Waals surface area contributed by atoms with Gasteiger partial charge >= 0.3 is 0 Å². The molecular weight excluding hydrogens is 344 g/mol. The summed E-state index contributed by atoms with van der Waals surface area (Å²) in [5.74, 6) is 0.140. The van der Waals surface area contributed by atoms with Gasteiger partial charge in [-0.3, -0.25) is 4.79 Å². The Balaban J connectivity index is 2.02. The maximum atomic E-state index is 12.0. The highest BCUT2D eigenvalue weighted by Crippen LogP contribution is 2.41. The van der Waals surface area contributed by atoms with Crippen molar-refractivity contribution in [3.8, 4) is 0 Å². The topological polar surface area (TPSA) is 66.8 Å². The van der Waals surface area contributed by atoms with E-state index in [1.165, 1.54) is 11.8 Å². The highest BCUT2D eigenvalue weighted by Gasteiger charge is 2.49. The highest BCUT2D eigenvalue weighted by molar-refractivity contribution is 8.16. The molecular formula is C17H22N2O3S2. The number of aryl methyl sites for hydroxylation is 2. The fourth-order valence-corrected chi connectivity index (χ4v) is 7.26. The minimum atomic E-state index is -3.03. The van der Waals surface area contributed by atoms with E-state index in [0.29, 0.717) is 11.6 Å². The zero-order valence-electron chi connectivity index (χ0n) is 14.2. The molecule has 0 N–H and O–H groups in total. The second-order valence-corrected chi connectivity index (χ2v) is 9.91. The summed E-state index contributed by atoms with van der Waals surface area (Å²) in [6.45, 7) is 5.98. The van der Waals surface area contributed by atoms with E-state index >= 15 is 0 Å². The number of sulfone groups is 1. The van der Waals surface area contributed by atoms with Crippen LogP contribution in [-0.2, 0) is 14.6 Å². The molecule has 1 amide bonds. The Bertz CT molecular complexity index is 782. The third-order valence-electron chi connectivity index (χ3n) is 4.24. The summed E-state index contributed by atoms with van der Waals surface area (Å²) < 4.78 is 24.1. The number of amidine groups is 1. The maximum absolute atomic E-state index is 12.0. The van der Waals surface area contributed by atoms with Crippen molar-refractivity contribution in [1.29, 1.82) is 0 Å². The van der Waals surface area contributed by atoms with Crippen LogP contribution in [0.25, 0.3) is 0 Å². The van der Waals surface area contributed by atoms with Gasteiger partial charge in [-0.25, -0.2) is 8.42 Å². The first-order valence-corrected chi connectivity index (χ1v) is 10.9. The van der Waals surface area contributed by atoms with Gasteiger partial charge in [0.25, 0.3) is 0 Å². The number of hydrogen-bond donors (Lipinski definition) is 0. The van der Waals surface area contributed by atoms with Crippen LogP contribution in [0.4, 0.5) is 5.69 Å². The molecule has 0 unspecified atom stereocenters. The van der Waals surface area contributed by atoms with Gasteiger partial charge in [-0.15, -0.1) is 0 Å². The zero-order chi connectivity index (χ0) is 17.5. The Hall–Kier alpha value is -1.34. The lowest BCUT2D eigenvalue weighted by molar-refractivity contribution is -0.117. The van der Waals surface area contributed by atoms with Gasteiger partial charge in [0.15, 0.2) is 15.0 Å². The van der Waals surface area contributed by atoms with E-state index < -0.39 is 9.84 Å². The molecule has 0 bridgehead atoms. The van der Waals surface area contributed by atoms with Crippen molar-refractivity contribution in [1.82, 2.24) is 0 Å². The molecule has 130 valence electrons. The minimum absolute atomic E-state index is 0.0519. The van der Waals surface area contributed by atoms with Crippen LogP contribution in [-0.4, -0.2) is 42.3 Å². The molecule has 1 aromatic carbocycles. The number of carbonyl (C=O) groups is 1. The van der Waals surface area contributed by atoms with E-state index in [-0.39, 0.29) is 28.7 Å². The smallest absolute Gasteiger partial charge is 0.248 e. The van der Waals surface area contributed by atoms with Crippen LogP contribution in [0.2, 0.25) is 0 Å². The van der Waals surface area contributed by atoms with Crippen LogP contribution in [0.15, 0.2) is 23.2 Å². The van der Waals surface area contributed by atoms with Crippen molar-refractivity contribution in [2.24, 2.45) is 4.99 Å². The average molecular weight is 367 g/mol. The summed E-state index contributed by atoms with van der Waals surface area (Å²) in [6.07, 6.45) is 1.17. The van der Waals surface area contributed by atoms with Crippen LogP contribution >= 0.6 is 11.8 Å². The van der Waals surface area contributed by atoms with Crippen molar-refractivity contribution >= 4 is 38.4 Å². The molecule has 7 heteroatoms. The summed E-state index contributed by atoms with van der Waals surface area (Å²) in [5.41, 5.74) is 3.14. The maximum Gasteiger partial charge on any atom is 0.248 e. The normalized spacial score (nSPS) is 26.8. The summed E-state index contributed by atoms with van der Waals surface area (Å²) in [4.78, 5) is 18.3. The second-order valence-electron chi connectivity index (χ2n) is 6.55. The SMILES string of the molecule is CCCC(=O)N=C1S[C@@H]2CS(=O)(=O)C[C@@H]2N1c1cc(C)cc(C)c1. The van der Waals surface area contributed by atoms with Gasteiger partial charge in [0, 0.05) is 17.4 Å². The molecule has 2 heterocycles. The van der Waals surface area contributed by atoms with Gasteiger partial charge in [0.05, 0.1) is 17.5 Å². The Morgan fingerprint density at radius 3 is 2.54 bits per heavy atom. The van der Waals surface area contributed by atoms with Gasteiger partial charge < -0.3 is 4.90 Å². The number of carbonyl (C=O) groups excluding carboxylic acids is 1. The van der Waals surface area contributed by atoms with Gasteiger partial charge in [-0.2, -0.15) is 4.99 Å². The number of aliphatic imine (C=N–C) groups is 1. The van der Waals surface area contributed by atoms with Gasteiger partial charge in [0.2, 0.25) is 5.91 Å². The summed E-state index contributed by atoms with van der Waals surface area (Å²) in [5, 5.41) is 0.590. The van der Waals surface area contributed by atoms with Crippen LogP contribution in [0, 0.1) is 13.8 Å². The van der Waals surface area contributed by atoms with Crippen LogP contribution < -0.4 is 4.90 Å². The molecule has 0 aliphatic carbocycles. The third kappa shape index (κ3) is 3.52. The standard InChI is InChI=1S/C17H22N2O3S2/c1-4-5-16(20)18-17-19(13-7-11(2)6-12(3)8-13)14-9-24(21,22)10-15(14)23-17/h6-8,14-15H,4-5,9-10H2,1-3H3/t14-,15+/m0/s1. The van der Waals surface area contributed by atoms with Gasteiger partial charge in [0.1, 0.15) is 0 Å². The Labute approximate surface area is 147 Å². The number of hydrogen-bond acceptors (Lipinski definition) is 4. The fraction of sp³-hybridized carbons (Fsp3) is 0.529. The van der Waals surface area contributed by atoms with Gasteiger partial charge in [-0.05, 0) is 43.5 Å². The van der Waals surface area contributed by atoms with Gasteiger partial charge in [-0.1, -0.05) is 24.8 Å². The lowest BCUT2D eigenvalue weighted by atomic mass is 10.1. The average Bonchev–Trinajstić information content (AvgIpc) is 2.88. The molecule has 0 spiro atoms. The number of rotatable bonds is 3. The largest absolute Gasteiger partial charge is 0.316 e. The number of fused-ring (bicyclic) bond motifs is 1. The van der Waals surface area contributed by atoms with E-state index in [1.54, 1.807) is 0 Å². The van der Waals surface area contributed by atoms with E-state index in [9.17, 15) is 13.2 Å². The molecule has 24 heavy (non-hydrogen) atoms. The molecule has 2 saturated heterocycles. The predicted molar refractivity (Wildman–Crippen MR) is 99.6 cm³/mol. The molecule has 2 aliphatic heterocycles. The van der Waals surface area contributed by atoms with E-state index in [4.69, 9.17) is 0 Å². The van der Waals surface area contributed by atoms with Crippen molar-refractivity contribution in [2.45, 2.75) is 44.9 Å². The second kappa shape index (κ2) is 6.52. The van der Waals surface area contributed by atoms with Crippen molar-refractivity contribution in [2.75, 3.05) is 16.4 Å². The minimum Gasteiger partial charge on any atom is -0.316 e. The molecule has 3 rings (SSSR count). The van der Waals surface area contributed by atoms with Crippen LogP contribution in [0.1, 0.15) is 30.9 Å². The summed E-state index contributed by atoms with van der Waals surface area (Å²) in [6, 6.07) is 5.99. The molecule has 2 aliphatic rings. The van der Waals surface area contributed by atoms with Crippen molar-refractivity contribution in [3.05, 3.63) is 29.3 Å². The molecule has 0 saturated carbocycles. The Morgan fingerprint density at radius 1 is 1.25 bits per heavy atom. The summed E-state index contributed by atoms with van der Waals surface area (Å²) >= 11 is 1.43. The number of thioether (sulfide) groups is 1. The Morgan fingerprint density at radius 2 is 1.92 bits per heavy atom. The van der Waals surface area contributed by atoms with E-state index in [1.807, 2.05) is 37.8 Å². The first kappa shape index (κ1) is 17.5. The molecule has 0 radical (unpaired) electrons. The quantitative estimate of drug-likeness (QED) is 0.823. The number of anilines is 1. The molecule has 2 fully saturated rings. The monoisotopic (exact) mass is 366 g/mol. The number of amides is 1. The lowest BCUT2D eigenvalue weighted by Crippen LogP contribution is -2.37. The first-order chi connectivity index (χ1) is 11.3. The lowest BCUT2D eigenvalue weighted by Gasteiger charge is -2.25. The third-order valence-corrected chi connectivity index (χ3v) is 7.45. The molecule has 5 nitrogen and oxygen atoms in total. The molecule has 2 atom stereocenters. The van der Waals surface area contributed by atoms with E-state index in [2.05, 4.69) is 11.1 Å². The molecule has 1 aromatic rings.